The summed E-state index contributed by atoms with van der Waals surface area (Å²) in [6.07, 6.45) is -5.57. The molecule has 3 aliphatic rings. The van der Waals surface area contributed by atoms with Crippen molar-refractivity contribution in [3.63, 3.8) is 0 Å². The average molecular weight is 859 g/mol. The highest BCUT2D eigenvalue weighted by atomic mass is 16.7. The van der Waals surface area contributed by atoms with Gasteiger partial charge in [-0.2, -0.15) is 0 Å². The van der Waals surface area contributed by atoms with Crippen LogP contribution >= 0.6 is 0 Å². The number of anilines is 1. The van der Waals surface area contributed by atoms with Gasteiger partial charge in [0.1, 0.15) is 58.5 Å². The van der Waals surface area contributed by atoms with Gasteiger partial charge in [-0.15, -0.1) is 0 Å². The lowest BCUT2D eigenvalue weighted by atomic mass is 9.63. The molecule has 19 nitrogen and oxygen atoms in total. The molecule has 0 radical (unpaired) electrons. The first-order chi connectivity index (χ1) is 29.6. The molecule has 19 heteroatoms. The van der Waals surface area contributed by atoms with Crippen LogP contribution in [0.5, 0.6) is 28.7 Å². The molecule has 3 aromatic carbocycles. The van der Waals surface area contributed by atoms with Crippen LogP contribution in [0.2, 0.25) is 0 Å². The minimum atomic E-state index is -2.57. The third-order valence-electron chi connectivity index (χ3n) is 11.5. The summed E-state index contributed by atoms with van der Waals surface area (Å²) in [5, 5.41) is 94.4. The van der Waals surface area contributed by atoms with Gasteiger partial charge in [0, 0.05) is 48.6 Å². The lowest BCUT2D eigenvalue weighted by Crippen LogP contribution is -2.79. The first kappa shape index (κ1) is 42.5. The highest BCUT2D eigenvalue weighted by molar-refractivity contribution is 5.89. The van der Waals surface area contributed by atoms with E-state index in [0.29, 0.717) is 42.3 Å². The first-order valence-corrected chi connectivity index (χ1v) is 19.7. The van der Waals surface area contributed by atoms with Gasteiger partial charge in [-0.05, 0) is 72.2 Å². The van der Waals surface area contributed by atoms with Crippen LogP contribution in [0.4, 0.5) is 5.82 Å². The number of aromatic nitrogens is 1. The molecule has 2 aliphatic heterocycles. The molecule has 62 heavy (non-hydrogen) atoms. The van der Waals surface area contributed by atoms with Crippen LogP contribution in [0.25, 0.3) is 22.3 Å². The highest BCUT2D eigenvalue weighted by Crippen LogP contribution is 2.50. The minimum Gasteiger partial charge on any atom is -0.508 e. The number of aryl methyl sites for hydroxylation is 1. The molecular weight excluding hydrogens is 812 g/mol. The molecule has 9 atom stereocenters. The average Bonchev–Trinajstić information content (AvgIpc) is 3.94. The summed E-state index contributed by atoms with van der Waals surface area (Å²) in [6.45, 7) is 1.72. The number of nitrogens with two attached hydrogens (primary N) is 1. The number of ether oxygens (including phenoxy) is 4. The number of carbonyl (C=O) groups is 1. The van der Waals surface area contributed by atoms with E-state index in [-0.39, 0.29) is 34.8 Å². The summed E-state index contributed by atoms with van der Waals surface area (Å²) in [7, 11) is 0. The maximum Gasteiger partial charge on any atom is 0.336 e. The zero-order valence-corrected chi connectivity index (χ0v) is 33.1. The van der Waals surface area contributed by atoms with Gasteiger partial charge in [-0.25, -0.2) is 4.79 Å². The Bertz CT molecular complexity index is 2550. The van der Waals surface area contributed by atoms with Crippen LogP contribution in [0.3, 0.4) is 0 Å². The molecule has 13 N–H and O–H groups in total. The van der Waals surface area contributed by atoms with Crippen molar-refractivity contribution in [2.24, 2.45) is 5.92 Å². The Kier molecular flexibility index (Phi) is 11.4. The molecule has 0 amide bonds. The van der Waals surface area contributed by atoms with E-state index in [0.717, 1.165) is 23.8 Å². The third kappa shape index (κ3) is 7.58. The number of aromatic hydroxyl groups is 2. The molecule has 0 unspecified atom stereocenters. The zero-order valence-electron chi connectivity index (χ0n) is 33.1. The molecule has 1 aliphatic carbocycles. The number of nitrogens with one attached hydrogen (secondary N) is 3. The Hall–Kier alpha value is -6.16. The van der Waals surface area contributed by atoms with Crippen LogP contribution in [0, 0.1) is 5.92 Å². The van der Waals surface area contributed by atoms with Crippen molar-refractivity contribution in [2.45, 2.75) is 67.9 Å². The maximum absolute atomic E-state index is 13.8. The van der Waals surface area contributed by atoms with E-state index >= 15 is 0 Å². The fraction of sp³-hybridized carbons (Fsp3) is 0.349. The van der Waals surface area contributed by atoms with Gasteiger partial charge in [-0.3, -0.25) is 10.1 Å². The Morgan fingerprint density at radius 2 is 1.81 bits per heavy atom. The fourth-order valence-corrected chi connectivity index (χ4v) is 8.32. The van der Waals surface area contributed by atoms with Crippen LogP contribution in [-0.2, 0) is 22.6 Å². The number of hydrogen-bond donors (Lipinski definition) is 12. The smallest absolute Gasteiger partial charge is 0.336 e. The maximum atomic E-state index is 13.8. The largest absolute Gasteiger partial charge is 0.508 e. The predicted octanol–water partition coefficient (Wildman–Crippen LogP) is 1.11. The number of carboxylic acids is 1. The molecule has 0 spiro atoms. The summed E-state index contributed by atoms with van der Waals surface area (Å²) in [6, 6.07) is 15.7. The predicted molar refractivity (Wildman–Crippen MR) is 218 cm³/mol. The number of aliphatic hydroxyl groups is 5. The van der Waals surface area contributed by atoms with E-state index in [2.05, 4.69) is 15.6 Å². The van der Waals surface area contributed by atoms with E-state index in [1.54, 1.807) is 36.4 Å². The number of hydrogen-bond acceptors (Lipinski definition) is 17. The minimum absolute atomic E-state index is 0.00997. The molecule has 5 aromatic rings. The second-order valence-corrected chi connectivity index (χ2v) is 15.5. The van der Waals surface area contributed by atoms with Crippen molar-refractivity contribution in [3.05, 3.63) is 106 Å². The van der Waals surface area contributed by atoms with Crippen molar-refractivity contribution >= 4 is 22.8 Å². The molecular formula is C43H46N4O15. The van der Waals surface area contributed by atoms with Crippen molar-refractivity contribution in [1.82, 2.24) is 15.6 Å². The lowest BCUT2D eigenvalue weighted by molar-refractivity contribution is -0.342. The molecule has 8 rings (SSSR count). The summed E-state index contributed by atoms with van der Waals surface area (Å²) in [4.78, 5) is 29.3. The third-order valence-corrected chi connectivity index (χ3v) is 11.5. The molecule has 4 heterocycles. The summed E-state index contributed by atoms with van der Waals surface area (Å²) < 4.78 is 30.0. The van der Waals surface area contributed by atoms with E-state index in [4.69, 9.17) is 29.1 Å². The summed E-state index contributed by atoms with van der Waals surface area (Å²) >= 11 is 0. The molecule has 2 saturated heterocycles. The number of aliphatic hydroxyl groups excluding tert-OH is 3. The molecule has 328 valence electrons. The molecule has 2 aromatic heterocycles. The molecule has 2 fully saturated rings. The topological polar surface area (TPSA) is 312 Å². The van der Waals surface area contributed by atoms with Crippen molar-refractivity contribution in [1.29, 1.82) is 0 Å². The number of aromatic amines is 1. The standard InChI is InChI=1S/C43H46N4O15/c1-2-20-11-21(13-23(49)12-20)18-58-37-31(61-41-42(56)10-9-25(27-16-45-19-46-27)43(57,40(42)55)38(62-41)39(53)54)15-30-34(36(37)52)28(50)14-29(60-30)22-3-5-24(6-4-22)59-32(17-48)35(51)26-7-8-33(44)47-26/h3-15,25,27,32,35,38,40-41,45-49,51-52,55-57H,2,16-19,44H2,1H3,(H,53,54)/t25-,27+,32+,35+,38+,40-,41+,42+,43+/m0/s1. The van der Waals surface area contributed by atoms with Crippen molar-refractivity contribution < 1.29 is 69.0 Å². The van der Waals surface area contributed by atoms with Crippen LogP contribution in [0.1, 0.15) is 29.8 Å². The Labute approximate surface area is 352 Å². The number of aliphatic carboxylic acids is 1. The van der Waals surface area contributed by atoms with Crippen LogP contribution in [-0.4, -0.2) is 113 Å². The van der Waals surface area contributed by atoms with E-state index in [1.165, 1.54) is 24.3 Å². The number of benzene rings is 3. The summed E-state index contributed by atoms with van der Waals surface area (Å²) in [5.74, 6) is -3.81. The fourth-order valence-electron chi connectivity index (χ4n) is 8.32. The number of fused-ring (bicyclic) bond motifs is 3. The number of phenolic OH excluding ortho intramolecular Hbond substituents is 2. The van der Waals surface area contributed by atoms with Crippen LogP contribution in [0.15, 0.2) is 88.1 Å². The van der Waals surface area contributed by atoms with Gasteiger partial charge in [0.05, 0.1) is 6.61 Å². The van der Waals surface area contributed by atoms with Gasteiger partial charge in [-0.1, -0.05) is 19.1 Å². The number of H-pyrrole nitrogens is 1. The van der Waals surface area contributed by atoms with Gasteiger partial charge in [0.15, 0.2) is 34.7 Å². The molecule has 2 bridgehead atoms. The zero-order chi connectivity index (χ0) is 44.1. The number of phenols is 2. The summed E-state index contributed by atoms with van der Waals surface area (Å²) in [5.41, 5.74) is 1.56. The second kappa shape index (κ2) is 16.6. The quantitative estimate of drug-likeness (QED) is 0.0696. The van der Waals surface area contributed by atoms with Gasteiger partial charge < -0.3 is 80.3 Å². The molecule has 0 saturated carbocycles. The van der Waals surface area contributed by atoms with Gasteiger partial charge >= 0.3 is 5.97 Å². The number of carboxylic acid groups (broad SMARTS) is 1. The first-order valence-electron chi connectivity index (χ1n) is 19.7. The van der Waals surface area contributed by atoms with Gasteiger partial charge in [0.2, 0.25) is 12.0 Å². The van der Waals surface area contributed by atoms with Crippen LogP contribution < -0.4 is 36.0 Å². The SMILES string of the molecule is CCc1cc(O)cc(COc2c(O[C@@H]3O[C@H](C(=O)O)[C@]4(O)[C@H]([C@H]5CNCN5)C=C[C@@]3(O)[C@@H]4O)cc3oc(-c4ccc(O[C@H](CO)[C@H](O)c5ccc(N)[nH]5)cc4)cc(=O)c3c2O)c1. The number of nitrogen functional groups attached to an aromatic ring is 1. The highest BCUT2D eigenvalue weighted by Gasteiger charge is 2.70. The van der Waals surface area contributed by atoms with E-state index < -0.39 is 89.1 Å². The normalized spacial score (nSPS) is 26.6. The number of rotatable bonds is 14. The van der Waals surface area contributed by atoms with Crippen molar-refractivity contribution in [2.75, 3.05) is 25.6 Å². The van der Waals surface area contributed by atoms with E-state index in [1.807, 2.05) is 6.92 Å². The Morgan fingerprint density at radius 1 is 1.05 bits per heavy atom. The van der Waals surface area contributed by atoms with E-state index in [9.17, 15) is 50.4 Å². The Morgan fingerprint density at radius 3 is 2.47 bits per heavy atom. The van der Waals surface area contributed by atoms with Crippen molar-refractivity contribution in [3.8, 4) is 40.1 Å². The monoisotopic (exact) mass is 858 g/mol. The van der Waals surface area contributed by atoms with Gasteiger partial charge in [0.25, 0.3) is 0 Å². The second-order valence-electron chi connectivity index (χ2n) is 15.5. The lowest BCUT2D eigenvalue weighted by Gasteiger charge is -2.56. The Balaban J connectivity index is 1.16.